The van der Waals surface area contributed by atoms with Gasteiger partial charge in [0.25, 0.3) is 0 Å². The molecule has 0 aliphatic heterocycles. The highest BCUT2D eigenvalue weighted by atomic mass is 32.1. The molecular weight excluding hydrogens is 392 g/mol. The van der Waals surface area contributed by atoms with Gasteiger partial charge in [0.05, 0.1) is 13.1 Å². The van der Waals surface area contributed by atoms with Gasteiger partial charge >= 0.3 is 0 Å². The largest absolute Gasteiger partial charge is 0.333 e. The number of thiophene rings is 1. The Kier molecular flexibility index (Phi) is 7.21. The van der Waals surface area contributed by atoms with Gasteiger partial charge in [0.1, 0.15) is 0 Å². The molecule has 0 radical (unpaired) electrons. The standard InChI is InChI=1S/C25H32N2O2S/c28-24(19-27(17-21-13-14-21)25(29)22-10-5-2-6-11-22)26(18-23-12-7-15-30-23)16-20-8-3-1-4-9-20/h1,3-4,7-9,12,15,21-22H,2,5-6,10-11,13-14,16-19H2. The molecule has 0 N–H and O–H groups in total. The zero-order chi connectivity index (χ0) is 20.8. The summed E-state index contributed by atoms with van der Waals surface area (Å²) < 4.78 is 0. The van der Waals surface area contributed by atoms with Crippen molar-refractivity contribution < 1.29 is 9.59 Å². The summed E-state index contributed by atoms with van der Waals surface area (Å²) in [4.78, 5) is 31.6. The molecule has 1 aromatic carbocycles. The first-order chi connectivity index (χ1) is 14.7. The molecule has 0 spiro atoms. The van der Waals surface area contributed by atoms with Gasteiger partial charge in [-0.25, -0.2) is 0 Å². The highest BCUT2D eigenvalue weighted by Crippen LogP contribution is 2.32. The molecule has 2 aliphatic carbocycles. The van der Waals surface area contributed by atoms with Gasteiger partial charge in [0.15, 0.2) is 0 Å². The molecule has 0 atom stereocenters. The summed E-state index contributed by atoms with van der Waals surface area (Å²) in [5.74, 6) is 0.971. The van der Waals surface area contributed by atoms with Crippen LogP contribution in [0.2, 0.25) is 0 Å². The second kappa shape index (κ2) is 10.3. The lowest BCUT2D eigenvalue weighted by Gasteiger charge is -2.31. The van der Waals surface area contributed by atoms with Crippen LogP contribution in [0.4, 0.5) is 0 Å². The first-order valence-electron chi connectivity index (χ1n) is 11.3. The van der Waals surface area contributed by atoms with Gasteiger partial charge in [-0.1, -0.05) is 55.7 Å². The molecule has 4 rings (SSSR count). The van der Waals surface area contributed by atoms with E-state index < -0.39 is 0 Å². The summed E-state index contributed by atoms with van der Waals surface area (Å²) in [6.45, 7) is 2.13. The van der Waals surface area contributed by atoms with Crippen molar-refractivity contribution in [2.75, 3.05) is 13.1 Å². The van der Waals surface area contributed by atoms with Gasteiger partial charge in [-0.2, -0.15) is 0 Å². The number of amides is 2. The van der Waals surface area contributed by atoms with Crippen molar-refractivity contribution in [2.45, 2.75) is 58.0 Å². The molecule has 5 heteroatoms. The molecule has 160 valence electrons. The molecule has 0 saturated heterocycles. The topological polar surface area (TPSA) is 40.6 Å². The van der Waals surface area contributed by atoms with Gasteiger partial charge < -0.3 is 9.80 Å². The van der Waals surface area contributed by atoms with Crippen molar-refractivity contribution in [1.29, 1.82) is 0 Å². The third-order valence-corrected chi connectivity index (χ3v) is 7.12. The van der Waals surface area contributed by atoms with Crippen LogP contribution >= 0.6 is 11.3 Å². The van der Waals surface area contributed by atoms with E-state index in [-0.39, 0.29) is 24.3 Å². The first kappa shape index (κ1) is 21.1. The minimum Gasteiger partial charge on any atom is -0.333 e. The molecule has 30 heavy (non-hydrogen) atoms. The maximum atomic E-state index is 13.4. The average molecular weight is 425 g/mol. The summed E-state index contributed by atoms with van der Waals surface area (Å²) in [6.07, 6.45) is 7.85. The minimum atomic E-state index is 0.0528. The van der Waals surface area contributed by atoms with Crippen LogP contribution in [0.15, 0.2) is 47.8 Å². The number of carbonyl (C=O) groups is 2. The molecule has 2 saturated carbocycles. The van der Waals surface area contributed by atoms with E-state index in [1.165, 1.54) is 24.1 Å². The van der Waals surface area contributed by atoms with Crippen molar-refractivity contribution in [2.24, 2.45) is 11.8 Å². The third kappa shape index (κ3) is 5.94. The maximum Gasteiger partial charge on any atom is 0.242 e. The summed E-state index contributed by atoms with van der Waals surface area (Å²) in [7, 11) is 0. The lowest BCUT2D eigenvalue weighted by molar-refractivity contribution is -0.144. The lowest BCUT2D eigenvalue weighted by atomic mass is 9.88. The summed E-state index contributed by atoms with van der Waals surface area (Å²) in [5.41, 5.74) is 1.12. The zero-order valence-corrected chi connectivity index (χ0v) is 18.5. The molecule has 2 amide bonds. The van der Waals surface area contributed by atoms with E-state index in [0.717, 1.165) is 37.8 Å². The zero-order valence-electron chi connectivity index (χ0n) is 17.7. The predicted molar refractivity (Wildman–Crippen MR) is 121 cm³/mol. The van der Waals surface area contributed by atoms with E-state index in [1.54, 1.807) is 11.3 Å². The Labute approximate surface area is 183 Å². The molecule has 1 heterocycles. The highest BCUT2D eigenvalue weighted by molar-refractivity contribution is 7.09. The molecule has 2 aromatic rings. The van der Waals surface area contributed by atoms with Crippen LogP contribution in [-0.4, -0.2) is 34.7 Å². The molecule has 2 aliphatic rings. The van der Waals surface area contributed by atoms with Crippen molar-refractivity contribution >= 4 is 23.2 Å². The van der Waals surface area contributed by atoms with Crippen molar-refractivity contribution in [1.82, 2.24) is 9.80 Å². The maximum absolute atomic E-state index is 13.4. The number of hydrogen-bond donors (Lipinski definition) is 0. The fraction of sp³-hybridized carbons (Fsp3) is 0.520. The van der Waals surface area contributed by atoms with Gasteiger partial charge in [0, 0.05) is 23.9 Å². The molecule has 0 bridgehead atoms. The quantitative estimate of drug-likeness (QED) is 0.562. The Morgan fingerprint density at radius 3 is 2.30 bits per heavy atom. The molecule has 2 fully saturated rings. The Bertz CT molecular complexity index is 811. The smallest absolute Gasteiger partial charge is 0.242 e. The summed E-state index contributed by atoms with van der Waals surface area (Å²) >= 11 is 1.67. The fourth-order valence-corrected chi connectivity index (χ4v) is 5.06. The van der Waals surface area contributed by atoms with Crippen molar-refractivity contribution in [3.05, 3.63) is 58.3 Å². The molecule has 0 unspecified atom stereocenters. The lowest BCUT2D eigenvalue weighted by Crippen LogP contribution is -2.45. The average Bonchev–Trinajstić information content (AvgIpc) is 3.45. The second-order valence-electron chi connectivity index (χ2n) is 8.81. The Morgan fingerprint density at radius 1 is 0.867 bits per heavy atom. The van der Waals surface area contributed by atoms with Gasteiger partial charge in [-0.15, -0.1) is 11.3 Å². The van der Waals surface area contributed by atoms with E-state index in [4.69, 9.17) is 0 Å². The molecule has 4 nitrogen and oxygen atoms in total. The Morgan fingerprint density at radius 2 is 1.63 bits per heavy atom. The number of carbonyl (C=O) groups excluding carboxylic acids is 2. The van der Waals surface area contributed by atoms with Crippen molar-refractivity contribution in [3.63, 3.8) is 0 Å². The SMILES string of the molecule is O=C(CN(CC1CC1)C(=O)C1CCCCC1)N(Cc1ccccc1)Cc1cccs1. The van der Waals surface area contributed by atoms with E-state index in [0.29, 0.717) is 19.0 Å². The van der Waals surface area contributed by atoms with Gasteiger partial charge in [-0.3, -0.25) is 9.59 Å². The minimum absolute atomic E-state index is 0.0528. The molecular formula is C25H32N2O2S. The normalized spacial score (nSPS) is 16.9. The second-order valence-corrected chi connectivity index (χ2v) is 9.84. The van der Waals surface area contributed by atoms with Crippen LogP contribution in [0, 0.1) is 11.8 Å². The van der Waals surface area contributed by atoms with Crippen LogP contribution in [0.5, 0.6) is 0 Å². The molecule has 1 aromatic heterocycles. The van der Waals surface area contributed by atoms with Crippen LogP contribution < -0.4 is 0 Å². The van der Waals surface area contributed by atoms with Crippen LogP contribution in [0.25, 0.3) is 0 Å². The first-order valence-corrected chi connectivity index (χ1v) is 12.2. The van der Waals surface area contributed by atoms with E-state index in [9.17, 15) is 9.59 Å². The number of hydrogen-bond acceptors (Lipinski definition) is 3. The van der Waals surface area contributed by atoms with Crippen LogP contribution in [0.1, 0.15) is 55.4 Å². The predicted octanol–water partition coefficient (Wildman–Crippen LogP) is 5.10. The van der Waals surface area contributed by atoms with Crippen LogP contribution in [-0.2, 0) is 22.7 Å². The monoisotopic (exact) mass is 424 g/mol. The summed E-state index contributed by atoms with van der Waals surface area (Å²) in [5, 5.41) is 2.05. The van der Waals surface area contributed by atoms with Gasteiger partial charge in [0.2, 0.25) is 11.8 Å². The van der Waals surface area contributed by atoms with E-state index in [2.05, 4.69) is 18.2 Å². The van der Waals surface area contributed by atoms with Crippen molar-refractivity contribution in [3.8, 4) is 0 Å². The van der Waals surface area contributed by atoms with E-state index >= 15 is 0 Å². The Hall–Kier alpha value is -2.14. The number of nitrogens with zero attached hydrogens (tertiary/aromatic N) is 2. The van der Waals surface area contributed by atoms with E-state index in [1.807, 2.05) is 39.4 Å². The number of benzene rings is 1. The number of rotatable bonds is 9. The Balaban J connectivity index is 1.46. The van der Waals surface area contributed by atoms with Crippen LogP contribution in [0.3, 0.4) is 0 Å². The fourth-order valence-electron chi connectivity index (χ4n) is 4.34. The highest BCUT2D eigenvalue weighted by Gasteiger charge is 2.33. The third-order valence-electron chi connectivity index (χ3n) is 6.26. The van der Waals surface area contributed by atoms with Gasteiger partial charge in [-0.05, 0) is 48.6 Å². The summed E-state index contributed by atoms with van der Waals surface area (Å²) in [6, 6.07) is 14.2.